The van der Waals surface area contributed by atoms with E-state index in [4.69, 9.17) is 0 Å². The first-order valence-electron chi connectivity index (χ1n) is 9.23. The lowest BCUT2D eigenvalue weighted by atomic mass is 9.90. The number of rotatable bonds is 6. The van der Waals surface area contributed by atoms with Crippen LogP contribution in [-0.4, -0.2) is 10.9 Å². The summed E-state index contributed by atoms with van der Waals surface area (Å²) >= 11 is 0. The SMILES string of the molecule is CCC1(CC)[C@@H](C(=O)Nc2ccc(Cc3ccncc3)cc2)C1(C)C. The predicted molar refractivity (Wildman–Crippen MR) is 102 cm³/mol. The number of carbonyl (C=O) groups is 1. The Kier molecular flexibility index (Phi) is 4.68. The van der Waals surface area contributed by atoms with Crippen molar-refractivity contribution in [2.75, 3.05) is 5.32 Å². The molecule has 3 heteroatoms. The van der Waals surface area contributed by atoms with Crippen LogP contribution in [0.4, 0.5) is 5.69 Å². The standard InChI is InChI=1S/C22H28N2O/c1-5-22(6-2)19(21(22,3)4)20(25)24-18-9-7-16(8-10-18)15-17-11-13-23-14-12-17/h7-14,19H,5-6,15H2,1-4H3,(H,24,25)/t19-/m0/s1. The second-order valence-corrected chi connectivity index (χ2v) is 7.74. The molecule has 1 aromatic heterocycles. The zero-order valence-electron chi connectivity index (χ0n) is 15.7. The van der Waals surface area contributed by atoms with Gasteiger partial charge in [0.1, 0.15) is 0 Å². The molecule has 0 aliphatic heterocycles. The first-order chi connectivity index (χ1) is 11.9. The molecule has 1 aromatic carbocycles. The Morgan fingerprint density at radius 2 is 1.56 bits per heavy atom. The molecule has 0 bridgehead atoms. The van der Waals surface area contributed by atoms with E-state index in [0.717, 1.165) is 24.9 Å². The maximum Gasteiger partial charge on any atom is 0.228 e. The predicted octanol–water partition coefficient (Wildman–Crippen LogP) is 5.07. The van der Waals surface area contributed by atoms with Gasteiger partial charge in [-0.05, 0) is 65.5 Å². The van der Waals surface area contributed by atoms with Gasteiger partial charge in [-0.1, -0.05) is 39.8 Å². The fraction of sp³-hybridized carbons (Fsp3) is 0.455. The van der Waals surface area contributed by atoms with Crippen LogP contribution in [0.2, 0.25) is 0 Å². The van der Waals surface area contributed by atoms with E-state index < -0.39 is 0 Å². The van der Waals surface area contributed by atoms with Gasteiger partial charge >= 0.3 is 0 Å². The van der Waals surface area contributed by atoms with E-state index in [0.29, 0.717) is 0 Å². The summed E-state index contributed by atoms with van der Waals surface area (Å²) in [7, 11) is 0. The molecular weight excluding hydrogens is 308 g/mol. The molecule has 3 nitrogen and oxygen atoms in total. The summed E-state index contributed by atoms with van der Waals surface area (Å²) in [4.78, 5) is 16.8. The number of nitrogens with one attached hydrogen (secondary N) is 1. The topological polar surface area (TPSA) is 42.0 Å². The Balaban J connectivity index is 1.65. The van der Waals surface area contributed by atoms with Crippen LogP contribution in [0.15, 0.2) is 48.8 Å². The van der Waals surface area contributed by atoms with Crippen LogP contribution in [0.25, 0.3) is 0 Å². The smallest absolute Gasteiger partial charge is 0.228 e. The van der Waals surface area contributed by atoms with E-state index >= 15 is 0 Å². The minimum Gasteiger partial charge on any atom is -0.326 e. The van der Waals surface area contributed by atoms with Gasteiger partial charge < -0.3 is 5.32 Å². The first-order valence-corrected chi connectivity index (χ1v) is 9.23. The Morgan fingerprint density at radius 1 is 1.00 bits per heavy atom. The average Bonchev–Trinajstić information content (AvgIpc) is 3.13. The Morgan fingerprint density at radius 3 is 2.08 bits per heavy atom. The molecule has 1 saturated carbocycles. The normalized spacial score (nSPS) is 20.1. The van der Waals surface area contributed by atoms with Crippen molar-refractivity contribution in [3.63, 3.8) is 0 Å². The highest BCUT2D eigenvalue weighted by Crippen LogP contribution is 2.72. The summed E-state index contributed by atoms with van der Waals surface area (Å²) in [6.07, 6.45) is 6.62. The van der Waals surface area contributed by atoms with Gasteiger partial charge in [-0.3, -0.25) is 9.78 Å². The Hall–Kier alpha value is -2.16. The number of nitrogens with zero attached hydrogens (tertiary/aromatic N) is 1. The van der Waals surface area contributed by atoms with Gasteiger partial charge in [0.15, 0.2) is 0 Å². The fourth-order valence-corrected chi connectivity index (χ4v) is 4.75. The molecule has 1 aliphatic rings. The lowest BCUT2D eigenvalue weighted by Gasteiger charge is -2.15. The minimum atomic E-state index is 0.0852. The number of aromatic nitrogens is 1. The number of hydrogen-bond acceptors (Lipinski definition) is 2. The highest BCUT2D eigenvalue weighted by Gasteiger charge is 2.71. The Bertz CT molecular complexity index is 730. The summed E-state index contributed by atoms with van der Waals surface area (Å²) in [6, 6.07) is 12.2. The maximum atomic E-state index is 12.8. The molecular formula is C22H28N2O. The number of hydrogen-bond donors (Lipinski definition) is 1. The van der Waals surface area contributed by atoms with Crippen LogP contribution in [0.5, 0.6) is 0 Å². The molecule has 2 aromatic rings. The zero-order valence-corrected chi connectivity index (χ0v) is 15.7. The highest BCUT2D eigenvalue weighted by atomic mass is 16.2. The summed E-state index contributed by atoms with van der Waals surface area (Å²) in [6.45, 7) is 8.85. The number of amides is 1. The third-order valence-electron chi connectivity index (χ3n) is 6.38. The molecule has 3 rings (SSSR count). The largest absolute Gasteiger partial charge is 0.326 e. The molecule has 1 atom stereocenters. The lowest BCUT2D eigenvalue weighted by Crippen LogP contribution is -2.18. The van der Waals surface area contributed by atoms with E-state index in [1.165, 1.54) is 11.1 Å². The molecule has 1 fully saturated rings. The number of anilines is 1. The summed E-state index contributed by atoms with van der Waals surface area (Å²) in [5, 5.41) is 3.13. The molecule has 0 radical (unpaired) electrons. The van der Waals surface area contributed by atoms with Crippen LogP contribution < -0.4 is 5.32 Å². The molecule has 0 spiro atoms. The maximum absolute atomic E-state index is 12.8. The molecule has 132 valence electrons. The van der Waals surface area contributed by atoms with Crippen molar-refractivity contribution in [1.29, 1.82) is 0 Å². The van der Waals surface area contributed by atoms with E-state index in [-0.39, 0.29) is 22.7 Å². The Labute approximate surface area is 150 Å². The molecule has 1 aliphatic carbocycles. The van der Waals surface area contributed by atoms with Crippen molar-refractivity contribution in [3.8, 4) is 0 Å². The van der Waals surface area contributed by atoms with E-state index in [1.807, 2.05) is 36.7 Å². The van der Waals surface area contributed by atoms with Gasteiger partial charge in [0.2, 0.25) is 5.91 Å². The summed E-state index contributed by atoms with van der Waals surface area (Å²) < 4.78 is 0. The third kappa shape index (κ3) is 3.08. The number of carbonyl (C=O) groups excluding carboxylic acids is 1. The highest BCUT2D eigenvalue weighted by molar-refractivity contribution is 5.96. The van der Waals surface area contributed by atoms with Crippen LogP contribution in [0, 0.1) is 16.7 Å². The molecule has 25 heavy (non-hydrogen) atoms. The molecule has 0 unspecified atom stereocenters. The van der Waals surface area contributed by atoms with Crippen molar-refractivity contribution in [2.24, 2.45) is 16.7 Å². The van der Waals surface area contributed by atoms with Crippen molar-refractivity contribution in [2.45, 2.75) is 47.0 Å². The van der Waals surface area contributed by atoms with Crippen molar-refractivity contribution < 1.29 is 4.79 Å². The van der Waals surface area contributed by atoms with Crippen molar-refractivity contribution >= 4 is 11.6 Å². The zero-order chi connectivity index (χ0) is 18.1. The number of benzene rings is 1. The second-order valence-electron chi connectivity index (χ2n) is 7.74. The van der Waals surface area contributed by atoms with Gasteiger partial charge in [0.25, 0.3) is 0 Å². The molecule has 1 heterocycles. The average molecular weight is 336 g/mol. The van der Waals surface area contributed by atoms with Crippen LogP contribution in [0.3, 0.4) is 0 Å². The monoisotopic (exact) mass is 336 g/mol. The van der Waals surface area contributed by atoms with Gasteiger partial charge in [-0.15, -0.1) is 0 Å². The van der Waals surface area contributed by atoms with E-state index in [2.05, 4.69) is 50.1 Å². The summed E-state index contributed by atoms with van der Waals surface area (Å²) in [5.41, 5.74) is 3.59. The fourth-order valence-electron chi connectivity index (χ4n) is 4.75. The van der Waals surface area contributed by atoms with E-state index in [1.54, 1.807) is 0 Å². The van der Waals surface area contributed by atoms with Gasteiger partial charge in [0.05, 0.1) is 5.92 Å². The first kappa shape index (κ1) is 17.7. The molecule has 0 saturated heterocycles. The second kappa shape index (κ2) is 6.62. The third-order valence-corrected chi connectivity index (χ3v) is 6.38. The van der Waals surface area contributed by atoms with Gasteiger partial charge in [0, 0.05) is 18.1 Å². The number of pyridine rings is 1. The lowest BCUT2D eigenvalue weighted by molar-refractivity contribution is -0.118. The molecule has 1 N–H and O–H groups in total. The van der Waals surface area contributed by atoms with Gasteiger partial charge in [-0.2, -0.15) is 0 Å². The summed E-state index contributed by atoms with van der Waals surface area (Å²) in [5.74, 6) is 0.266. The van der Waals surface area contributed by atoms with Crippen LogP contribution in [-0.2, 0) is 11.2 Å². The van der Waals surface area contributed by atoms with Crippen LogP contribution >= 0.6 is 0 Å². The minimum absolute atomic E-state index is 0.0852. The van der Waals surface area contributed by atoms with E-state index in [9.17, 15) is 4.79 Å². The quantitative estimate of drug-likeness (QED) is 0.800. The van der Waals surface area contributed by atoms with Crippen LogP contribution in [0.1, 0.15) is 51.7 Å². The van der Waals surface area contributed by atoms with Crippen molar-refractivity contribution in [3.05, 3.63) is 59.9 Å². The molecule has 1 amide bonds. The van der Waals surface area contributed by atoms with Gasteiger partial charge in [-0.25, -0.2) is 0 Å². The van der Waals surface area contributed by atoms with Crippen molar-refractivity contribution in [1.82, 2.24) is 4.98 Å².